The molecule has 1 aliphatic carbocycles. The number of aliphatic hydroxyl groups excluding tert-OH is 1. The van der Waals surface area contributed by atoms with Gasteiger partial charge in [0.25, 0.3) is 0 Å². The number of aliphatic hydroxyl groups is 1. The van der Waals surface area contributed by atoms with Gasteiger partial charge in [-0.1, -0.05) is 29.8 Å². The Bertz CT molecular complexity index is 784. The number of fused-ring (bicyclic) bond motifs is 1. The van der Waals surface area contributed by atoms with Crippen molar-refractivity contribution in [1.82, 2.24) is 5.32 Å². The van der Waals surface area contributed by atoms with E-state index in [1.165, 1.54) is 5.56 Å². The highest BCUT2D eigenvalue weighted by Gasteiger charge is 2.20. The summed E-state index contributed by atoms with van der Waals surface area (Å²) in [6.07, 6.45) is 2.15. The van der Waals surface area contributed by atoms with Crippen molar-refractivity contribution in [2.75, 3.05) is 13.2 Å². The van der Waals surface area contributed by atoms with Crippen LogP contribution in [0, 0.1) is 0 Å². The molecule has 146 valence electrons. The van der Waals surface area contributed by atoms with Crippen LogP contribution in [0.5, 0.6) is 5.75 Å². The van der Waals surface area contributed by atoms with Crippen LogP contribution in [0.25, 0.3) is 0 Å². The van der Waals surface area contributed by atoms with Gasteiger partial charge in [0.15, 0.2) is 6.61 Å². The van der Waals surface area contributed by atoms with E-state index in [0.717, 1.165) is 30.4 Å². The number of benzene rings is 2. The average molecular weight is 412 g/mol. The second-order valence-corrected chi connectivity index (χ2v) is 6.97. The summed E-state index contributed by atoms with van der Waals surface area (Å²) in [6.45, 7) is 0.113. The zero-order chi connectivity index (χ0) is 18.5. The Morgan fingerprint density at radius 2 is 2.07 bits per heavy atom. The van der Waals surface area contributed by atoms with E-state index in [2.05, 4.69) is 5.32 Å². The van der Waals surface area contributed by atoms with E-state index < -0.39 is 12.1 Å². The zero-order valence-corrected chi connectivity index (χ0v) is 16.3. The van der Waals surface area contributed by atoms with E-state index in [9.17, 15) is 9.90 Å². The SMILES string of the molecule is Cl.O=C(O)COc1ccc2c(c1)CC(NC[C@H](O)c1cccc(Cl)c1)CC2. The summed E-state index contributed by atoms with van der Waals surface area (Å²) in [5.41, 5.74) is 3.22. The molecule has 2 aromatic carbocycles. The van der Waals surface area contributed by atoms with Crippen molar-refractivity contribution >= 4 is 30.0 Å². The molecule has 1 aliphatic rings. The Hall–Kier alpha value is -1.79. The van der Waals surface area contributed by atoms with Crippen molar-refractivity contribution in [2.24, 2.45) is 0 Å². The number of hydrogen-bond donors (Lipinski definition) is 3. The minimum absolute atomic E-state index is 0. The molecule has 3 N–H and O–H groups in total. The van der Waals surface area contributed by atoms with Gasteiger partial charge in [-0.15, -0.1) is 12.4 Å². The number of carbonyl (C=O) groups is 1. The maximum absolute atomic E-state index is 10.6. The maximum Gasteiger partial charge on any atom is 0.341 e. The monoisotopic (exact) mass is 411 g/mol. The Labute approximate surface area is 169 Å². The number of ether oxygens (including phenoxy) is 1. The van der Waals surface area contributed by atoms with Gasteiger partial charge in [0, 0.05) is 17.6 Å². The molecule has 5 nitrogen and oxygen atoms in total. The van der Waals surface area contributed by atoms with Crippen molar-refractivity contribution in [1.29, 1.82) is 0 Å². The van der Waals surface area contributed by atoms with Crippen molar-refractivity contribution in [3.05, 3.63) is 64.2 Å². The first-order chi connectivity index (χ1) is 12.5. The molecule has 7 heteroatoms. The number of carboxylic acids is 1. The highest BCUT2D eigenvalue weighted by molar-refractivity contribution is 6.30. The lowest BCUT2D eigenvalue weighted by Gasteiger charge is -2.27. The lowest BCUT2D eigenvalue weighted by molar-refractivity contribution is -0.139. The number of halogens is 2. The predicted octanol–water partition coefficient (Wildman–Crippen LogP) is 3.41. The van der Waals surface area contributed by atoms with Gasteiger partial charge in [-0.25, -0.2) is 4.79 Å². The van der Waals surface area contributed by atoms with Crippen LogP contribution in [0.15, 0.2) is 42.5 Å². The summed E-state index contributed by atoms with van der Waals surface area (Å²) >= 11 is 5.97. The number of aryl methyl sites for hydroxylation is 1. The summed E-state index contributed by atoms with van der Waals surface area (Å²) in [7, 11) is 0. The van der Waals surface area contributed by atoms with Gasteiger partial charge < -0.3 is 20.3 Å². The number of hydrogen-bond acceptors (Lipinski definition) is 4. The molecule has 2 aromatic rings. The van der Waals surface area contributed by atoms with Gasteiger partial charge in [0.05, 0.1) is 6.10 Å². The highest BCUT2D eigenvalue weighted by atomic mass is 35.5. The van der Waals surface area contributed by atoms with Crippen LogP contribution in [0.2, 0.25) is 5.02 Å². The summed E-state index contributed by atoms with van der Waals surface area (Å²) in [5.74, 6) is -0.414. The standard InChI is InChI=1S/C20H22ClNO4.ClH/c21-16-3-1-2-14(8-16)19(23)11-22-17-6-4-13-5-7-18(10-15(13)9-17)26-12-20(24)25;/h1-3,5,7-8,10,17,19,22-23H,4,6,9,11-12H2,(H,24,25);1H/t17?,19-;/m0./s1. The molecule has 0 amide bonds. The number of aliphatic carboxylic acids is 1. The van der Waals surface area contributed by atoms with Crippen LogP contribution < -0.4 is 10.1 Å². The molecular formula is C20H23Cl2NO4. The van der Waals surface area contributed by atoms with Crippen molar-refractivity contribution in [2.45, 2.75) is 31.4 Å². The molecule has 0 saturated heterocycles. The van der Waals surface area contributed by atoms with Crippen LogP contribution in [-0.2, 0) is 17.6 Å². The Kier molecular flexibility index (Phi) is 7.92. The fourth-order valence-corrected chi connectivity index (χ4v) is 3.45. The van der Waals surface area contributed by atoms with Crippen molar-refractivity contribution in [3.63, 3.8) is 0 Å². The predicted molar refractivity (Wildman–Crippen MR) is 107 cm³/mol. The quantitative estimate of drug-likeness (QED) is 0.650. The van der Waals surface area contributed by atoms with Crippen LogP contribution >= 0.6 is 24.0 Å². The maximum atomic E-state index is 10.6. The third-order valence-electron chi connectivity index (χ3n) is 4.60. The van der Waals surface area contributed by atoms with E-state index in [0.29, 0.717) is 17.3 Å². The second-order valence-electron chi connectivity index (χ2n) is 6.53. The van der Waals surface area contributed by atoms with Gasteiger partial charge in [-0.05, 0) is 60.2 Å². The van der Waals surface area contributed by atoms with E-state index in [4.69, 9.17) is 21.4 Å². The first kappa shape index (κ1) is 21.5. The smallest absolute Gasteiger partial charge is 0.341 e. The molecular weight excluding hydrogens is 389 g/mol. The molecule has 0 radical (unpaired) electrons. The van der Waals surface area contributed by atoms with Gasteiger partial charge in [-0.2, -0.15) is 0 Å². The molecule has 0 bridgehead atoms. The topological polar surface area (TPSA) is 78.8 Å². The molecule has 0 heterocycles. The molecule has 27 heavy (non-hydrogen) atoms. The lowest BCUT2D eigenvalue weighted by Crippen LogP contribution is -2.37. The van der Waals surface area contributed by atoms with Crippen LogP contribution in [-0.4, -0.2) is 35.4 Å². The first-order valence-electron chi connectivity index (χ1n) is 8.64. The molecule has 0 fully saturated rings. The number of carboxylic acid groups (broad SMARTS) is 1. The fraction of sp³-hybridized carbons (Fsp3) is 0.350. The van der Waals surface area contributed by atoms with Crippen molar-refractivity contribution in [3.8, 4) is 5.75 Å². The van der Waals surface area contributed by atoms with Gasteiger partial charge in [-0.3, -0.25) is 0 Å². The van der Waals surface area contributed by atoms with E-state index in [1.807, 2.05) is 30.3 Å². The molecule has 0 saturated carbocycles. The summed E-state index contributed by atoms with van der Waals surface area (Å²) in [6, 6.07) is 13.2. The van der Waals surface area contributed by atoms with Gasteiger partial charge in [0.1, 0.15) is 5.75 Å². The Morgan fingerprint density at radius 1 is 1.26 bits per heavy atom. The average Bonchev–Trinajstić information content (AvgIpc) is 2.64. The van der Waals surface area contributed by atoms with Crippen molar-refractivity contribution < 1.29 is 19.7 Å². The largest absolute Gasteiger partial charge is 0.482 e. The number of nitrogens with one attached hydrogen (secondary N) is 1. The van der Waals surface area contributed by atoms with E-state index in [1.54, 1.807) is 12.1 Å². The van der Waals surface area contributed by atoms with Gasteiger partial charge >= 0.3 is 5.97 Å². The fourth-order valence-electron chi connectivity index (χ4n) is 3.25. The Morgan fingerprint density at radius 3 is 2.81 bits per heavy atom. The van der Waals surface area contributed by atoms with Crippen LogP contribution in [0.1, 0.15) is 29.2 Å². The van der Waals surface area contributed by atoms with E-state index >= 15 is 0 Å². The molecule has 0 spiro atoms. The minimum Gasteiger partial charge on any atom is -0.482 e. The zero-order valence-electron chi connectivity index (χ0n) is 14.7. The van der Waals surface area contributed by atoms with Gasteiger partial charge in [0.2, 0.25) is 0 Å². The van der Waals surface area contributed by atoms with E-state index in [-0.39, 0.29) is 25.1 Å². The first-order valence-corrected chi connectivity index (χ1v) is 9.02. The van der Waals surface area contributed by atoms with Crippen LogP contribution in [0.4, 0.5) is 0 Å². The molecule has 2 atom stereocenters. The highest BCUT2D eigenvalue weighted by Crippen LogP contribution is 2.26. The summed E-state index contributed by atoms with van der Waals surface area (Å²) in [4.78, 5) is 10.6. The normalized spacial score (nSPS) is 16.7. The Balaban J connectivity index is 0.00000261. The second kappa shape index (κ2) is 9.95. The summed E-state index contributed by atoms with van der Waals surface area (Å²) < 4.78 is 5.26. The number of rotatable bonds is 7. The minimum atomic E-state index is -0.989. The van der Waals surface area contributed by atoms with Crippen LogP contribution in [0.3, 0.4) is 0 Å². The molecule has 0 aliphatic heterocycles. The molecule has 0 aromatic heterocycles. The third kappa shape index (κ3) is 6.11. The molecule has 1 unspecified atom stereocenters. The summed E-state index contributed by atoms with van der Waals surface area (Å²) in [5, 5.41) is 23.1. The third-order valence-corrected chi connectivity index (χ3v) is 4.84. The lowest BCUT2D eigenvalue weighted by atomic mass is 9.88. The molecule has 3 rings (SSSR count).